The molecule has 0 aromatic heterocycles. The van der Waals surface area contributed by atoms with Gasteiger partial charge in [0, 0.05) is 6.54 Å². The highest BCUT2D eigenvalue weighted by Gasteiger charge is 2.48. The average molecular weight is 403 g/mol. The van der Waals surface area contributed by atoms with Crippen molar-refractivity contribution in [1.29, 1.82) is 0 Å². The molecule has 1 heterocycles. The summed E-state index contributed by atoms with van der Waals surface area (Å²) < 4.78 is 86.1. The van der Waals surface area contributed by atoms with Crippen molar-refractivity contribution in [3.63, 3.8) is 0 Å². The maximum absolute atomic E-state index is 13.8. The van der Waals surface area contributed by atoms with Crippen LogP contribution in [-0.2, 0) is 28.0 Å². The third kappa shape index (κ3) is 3.85. The number of fused-ring (bicyclic) bond motifs is 1. The maximum Gasteiger partial charge on any atom is 0.409 e. The zero-order valence-corrected chi connectivity index (χ0v) is 15.1. The second kappa shape index (κ2) is 7.21. The Kier molecular flexibility index (Phi) is 5.29. The van der Waals surface area contributed by atoms with Gasteiger partial charge in [0.15, 0.2) is 0 Å². The molecular formula is C18H17F4NO3S. The predicted molar refractivity (Wildman–Crippen MR) is 89.7 cm³/mol. The molecule has 0 aliphatic carbocycles. The van der Waals surface area contributed by atoms with Crippen LogP contribution in [0.25, 0.3) is 0 Å². The van der Waals surface area contributed by atoms with Gasteiger partial charge in [-0.15, -0.1) is 0 Å². The molecule has 2 aromatic carbocycles. The number of hydrogen-bond donors (Lipinski definition) is 0. The van der Waals surface area contributed by atoms with Crippen LogP contribution in [0.15, 0.2) is 47.4 Å². The monoisotopic (exact) mass is 403 g/mol. The third-order valence-corrected chi connectivity index (χ3v) is 6.33. The second-order valence-corrected chi connectivity index (χ2v) is 8.02. The quantitative estimate of drug-likeness (QED) is 0.704. The lowest BCUT2D eigenvalue weighted by molar-refractivity contribution is -0.173. The summed E-state index contributed by atoms with van der Waals surface area (Å²) in [7, 11) is -4.45. The van der Waals surface area contributed by atoms with Crippen LogP contribution in [0.1, 0.15) is 29.7 Å². The van der Waals surface area contributed by atoms with Gasteiger partial charge in [-0.05, 0) is 41.0 Å². The highest BCUT2D eigenvalue weighted by atomic mass is 32.2. The molecule has 0 saturated heterocycles. The maximum atomic E-state index is 13.8. The summed E-state index contributed by atoms with van der Waals surface area (Å²) in [5.74, 6) is -0.704. The fraction of sp³-hybridized carbons (Fsp3) is 0.333. The number of rotatable bonds is 5. The van der Waals surface area contributed by atoms with E-state index in [9.17, 15) is 26.0 Å². The number of halogens is 4. The Balaban J connectivity index is 2.07. The summed E-state index contributed by atoms with van der Waals surface area (Å²) in [6.45, 7) is 1.48. The minimum atomic E-state index is -4.87. The van der Waals surface area contributed by atoms with Gasteiger partial charge in [0.2, 0.25) is 10.0 Å². The Hall–Kier alpha value is -1.97. The molecule has 1 aliphatic heterocycles. The fourth-order valence-electron chi connectivity index (χ4n) is 3.10. The van der Waals surface area contributed by atoms with Crippen molar-refractivity contribution in [2.45, 2.75) is 37.3 Å². The minimum Gasteiger partial charge on any atom is -0.372 e. The fourth-order valence-corrected chi connectivity index (χ4v) is 4.76. The van der Waals surface area contributed by atoms with Crippen LogP contribution >= 0.6 is 0 Å². The lowest BCUT2D eigenvalue weighted by Gasteiger charge is -2.32. The van der Waals surface area contributed by atoms with E-state index in [0.717, 1.165) is 29.8 Å². The number of alkyl halides is 3. The first kappa shape index (κ1) is 19.8. The molecule has 0 radical (unpaired) electrons. The molecule has 4 nitrogen and oxygen atoms in total. The molecule has 3 rings (SSSR count). The van der Waals surface area contributed by atoms with Crippen molar-refractivity contribution >= 4 is 10.0 Å². The number of benzene rings is 2. The van der Waals surface area contributed by atoms with E-state index < -0.39 is 34.6 Å². The van der Waals surface area contributed by atoms with E-state index in [1.54, 1.807) is 6.07 Å². The topological polar surface area (TPSA) is 46.6 Å². The van der Waals surface area contributed by atoms with Gasteiger partial charge in [0.1, 0.15) is 11.9 Å². The highest BCUT2D eigenvalue weighted by Crippen LogP contribution is 2.40. The number of hydrogen-bond acceptors (Lipinski definition) is 3. The van der Waals surface area contributed by atoms with Crippen LogP contribution < -0.4 is 0 Å². The van der Waals surface area contributed by atoms with Crippen molar-refractivity contribution in [3.05, 3.63) is 65.0 Å². The molecule has 0 unspecified atom stereocenters. The van der Waals surface area contributed by atoms with Crippen molar-refractivity contribution < 1.29 is 30.7 Å². The summed E-state index contributed by atoms with van der Waals surface area (Å²) in [5, 5.41) is 0. The van der Waals surface area contributed by atoms with Crippen LogP contribution in [0.4, 0.5) is 17.6 Å². The number of sulfonamides is 1. The normalized spacial score (nSPS) is 15.8. The van der Waals surface area contributed by atoms with E-state index in [1.807, 2.05) is 0 Å². The second-order valence-electron chi connectivity index (χ2n) is 6.13. The van der Waals surface area contributed by atoms with Gasteiger partial charge in [-0.1, -0.05) is 25.1 Å². The summed E-state index contributed by atoms with van der Waals surface area (Å²) >= 11 is 0. The molecule has 1 atom stereocenters. The Labute approximate surface area is 154 Å². The first-order valence-corrected chi connectivity index (χ1v) is 9.62. The van der Waals surface area contributed by atoms with Crippen LogP contribution in [0.2, 0.25) is 0 Å². The van der Waals surface area contributed by atoms with Gasteiger partial charge in [-0.3, -0.25) is 0 Å². The van der Waals surface area contributed by atoms with Crippen molar-refractivity contribution in [1.82, 2.24) is 4.31 Å². The highest BCUT2D eigenvalue weighted by molar-refractivity contribution is 7.89. The van der Waals surface area contributed by atoms with E-state index in [2.05, 4.69) is 0 Å². The standard InChI is InChI=1S/C18H17F4NO3S/c1-2-23(17(18(20,21)22)12-3-6-15(19)7-4-12)27(24,25)16-8-5-13-10-26-11-14(13)9-16/h3-9,17H,2,10-11H2,1H3/t17-/m1/s1. The molecule has 0 fully saturated rings. The molecule has 0 spiro atoms. The summed E-state index contributed by atoms with van der Waals surface area (Å²) in [4.78, 5) is -0.232. The lowest BCUT2D eigenvalue weighted by Crippen LogP contribution is -2.42. The minimum absolute atomic E-state index is 0.214. The Morgan fingerprint density at radius 1 is 1.07 bits per heavy atom. The zero-order chi connectivity index (χ0) is 19.8. The van der Waals surface area contributed by atoms with Crippen LogP contribution in [0.5, 0.6) is 0 Å². The molecule has 1 aliphatic rings. The van der Waals surface area contributed by atoms with Crippen LogP contribution in [0, 0.1) is 5.82 Å². The van der Waals surface area contributed by atoms with Gasteiger partial charge < -0.3 is 4.74 Å². The van der Waals surface area contributed by atoms with E-state index >= 15 is 0 Å². The summed E-state index contributed by atoms with van der Waals surface area (Å²) in [5.41, 5.74) is 1.10. The molecular weight excluding hydrogens is 386 g/mol. The molecule has 0 bridgehead atoms. The molecule has 146 valence electrons. The number of ether oxygens (including phenoxy) is 1. The molecule has 0 amide bonds. The average Bonchev–Trinajstić information content (AvgIpc) is 3.07. The Morgan fingerprint density at radius 3 is 2.30 bits per heavy atom. The smallest absolute Gasteiger partial charge is 0.372 e. The van der Waals surface area contributed by atoms with E-state index in [1.165, 1.54) is 19.1 Å². The van der Waals surface area contributed by atoms with Crippen molar-refractivity contribution in [2.24, 2.45) is 0 Å². The molecule has 27 heavy (non-hydrogen) atoms. The SMILES string of the molecule is CCN([C@H](c1ccc(F)cc1)C(F)(F)F)S(=O)(=O)c1ccc2c(c1)COC2. The Morgan fingerprint density at radius 2 is 1.70 bits per heavy atom. The van der Waals surface area contributed by atoms with E-state index in [4.69, 9.17) is 4.74 Å². The Bertz CT molecular complexity index is 927. The van der Waals surface area contributed by atoms with Gasteiger partial charge in [0.05, 0.1) is 18.1 Å². The first-order chi connectivity index (χ1) is 12.6. The predicted octanol–water partition coefficient (Wildman–Crippen LogP) is 4.17. The van der Waals surface area contributed by atoms with Gasteiger partial charge in [-0.25, -0.2) is 12.8 Å². The third-order valence-electron chi connectivity index (χ3n) is 4.39. The molecule has 9 heteroatoms. The summed E-state index contributed by atoms with van der Waals surface area (Å²) in [6.07, 6.45) is -4.87. The number of nitrogens with zero attached hydrogens (tertiary/aromatic N) is 1. The van der Waals surface area contributed by atoms with Crippen LogP contribution in [0.3, 0.4) is 0 Å². The van der Waals surface area contributed by atoms with Gasteiger partial charge in [-0.2, -0.15) is 17.5 Å². The van der Waals surface area contributed by atoms with Crippen molar-refractivity contribution in [3.8, 4) is 0 Å². The van der Waals surface area contributed by atoms with Crippen molar-refractivity contribution in [2.75, 3.05) is 6.54 Å². The molecule has 2 aromatic rings. The van der Waals surface area contributed by atoms with E-state index in [0.29, 0.717) is 16.5 Å². The van der Waals surface area contributed by atoms with Gasteiger partial charge >= 0.3 is 6.18 Å². The van der Waals surface area contributed by atoms with Crippen LogP contribution in [-0.4, -0.2) is 25.4 Å². The van der Waals surface area contributed by atoms with E-state index in [-0.39, 0.29) is 17.1 Å². The van der Waals surface area contributed by atoms with Gasteiger partial charge in [0.25, 0.3) is 0 Å². The molecule has 0 saturated carbocycles. The zero-order valence-electron chi connectivity index (χ0n) is 14.3. The summed E-state index contributed by atoms with van der Waals surface area (Å²) in [6, 6.07) is 5.40. The lowest BCUT2D eigenvalue weighted by atomic mass is 10.1. The first-order valence-electron chi connectivity index (χ1n) is 8.18. The largest absolute Gasteiger partial charge is 0.409 e. The molecule has 0 N–H and O–H groups in total.